The van der Waals surface area contributed by atoms with Crippen molar-refractivity contribution in [3.63, 3.8) is 0 Å². The molecule has 2 aliphatic rings. The predicted octanol–water partition coefficient (Wildman–Crippen LogP) is 3.21. The molecule has 1 aliphatic carbocycles. The van der Waals surface area contributed by atoms with E-state index in [-0.39, 0.29) is 35.0 Å². The first-order valence-corrected chi connectivity index (χ1v) is 13.3. The number of rotatable bonds is 3. The van der Waals surface area contributed by atoms with Gasteiger partial charge in [-0.05, 0) is 52.0 Å². The lowest BCUT2D eigenvalue weighted by Crippen LogP contribution is -2.37. The molecule has 40 heavy (non-hydrogen) atoms. The molecule has 0 saturated carbocycles. The van der Waals surface area contributed by atoms with Crippen LogP contribution in [-0.2, 0) is 28.6 Å². The Morgan fingerprint density at radius 2 is 1.68 bits per heavy atom. The molecule has 1 heterocycles. The molecule has 6 atom stereocenters. The number of allylic oxidation sites excluding steroid dienone is 5. The van der Waals surface area contributed by atoms with Gasteiger partial charge in [0.15, 0.2) is 11.9 Å². The molecule has 0 aromatic rings. The highest BCUT2D eigenvalue weighted by atomic mass is 16.6. The van der Waals surface area contributed by atoms with Crippen LogP contribution < -0.4 is 11.1 Å². The maximum atomic E-state index is 13.5. The van der Waals surface area contributed by atoms with E-state index in [2.05, 4.69) is 5.32 Å². The van der Waals surface area contributed by atoms with E-state index in [1.54, 1.807) is 39.0 Å². The Morgan fingerprint density at radius 3 is 2.25 bits per heavy atom. The molecule has 2 bridgehead atoms. The number of methoxy groups -OCH3 is 2. The average Bonchev–Trinajstić information content (AvgIpc) is 2.90. The highest BCUT2D eigenvalue weighted by Gasteiger charge is 2.34. The van der Waals surface area contributed by atoms with Gasteiger partial charge in [0.1, 0.15) is 6.10 Å². The standard InChI is InChI=1S/C30H42N2O8/c1-15-12-21-19(5)26(34)20(6)24(27(21)35)32-29(36)16(2)10-9-11-22(38-7)28(40-30(31)37)18(4)14-17(3)25(33)23(13-15)39-8/h9-11,14-15,17,22-23,25,28,33H,12-13H2,1-8H3,(H2,31,37)(H,32,36)/b11-9-,16-10+,18-14+/t15-,17+,22+,23+,25-,28+/m1/s1. The monoisotopic (exact) mass is 558 g/mol. The summed E-state index contributed by atoms with van der Waals surface area (Å²) in [6, 6.07) is 0. The predicted molar refractivity (Wildman–Crippen MR) is 150 cm³/mol. The maximum Gasteiger partial charge on any atom is 0.405 e. The minimum Gasteiger partial charge on any atom is -0.439 e. The second kappa shape index (κ2) is 14.3. The Labute approximate surface area is 236 Å². The van der Waals surface area contributed by atoms with E-state index in [0.29, 0.717) is 23.1 Å². The topological polar surface area (TPSA) is 154 Å². The number of nitrogens with one attached hydrogen (secondary N) is 1. The number of primary amides is 1. The van der Waals surface area contributed by atoms with Crippen molar-refractivity contribution in [3.05, 3.63) is 57.9 Å². The summed E-state index contributed by atoms with van der Waals surface area (Å²) in [5, 5.41) is 13.8. The molecule has 0 aromatic carbocycles. The van der Waals surface area contributed by atoms with Crippen LogP contribution in [0.1, 0.15) is 54.4 Å². The number of aliphatic hydroxyl groups is 1. The summed E-state index contributed by atoms with van der Waals surface area (Å²) < 4.78 is 16.5. The van der Waals surface area contributed by atoms with Gasteiger partial charge in [0.25, 0.3) is 5.91 Å². The van der Waals surface area contributed by atoms with Crippen LogP contribution in [0, 0.1) is 11.8 Å². The van der Waals surface area contributed by atoms with E-state index in [4.69, 9.17) is 19.9 Å². The van der Waals surface area contributed by atoms with Crippen LogP contribution in [0.4, 0.5) is 4.79 Å². The minimum absolute atomic E-state index is 0.0427. The number of hydrogen-bond donors (Lipinski definition) is 3. The molecule has 4 N–H and O–H groups in total. The van der Waals surface area contributed by atoms with Gasteiger partial charge < -0.3 is 30.4 Å². The molecule has 0 saturated heterocycles. The van der Waals surface area contributed by atoms with Crippen LogP contribution in [0.2, 0.25) is 0 Å². The van der Waals surface area contributed by atoms with Crippen LogP contribution in [0.5, 0.6) is 0 Å². The lowest BCUT2D eigenvalue weighted by atomic mass is 9.82. The SMILES string of the molecule is CO[C@H]1/C=C\C=C(/C)C(=O)NC2=C(C)C(=O)C(C)=C(C[C@@H](C)C[C@H](OC)[C@H](O)[C@@H](C)/C=C(\C)[C@@H]1OC(N)=O)C2=O. The molecule has 0 spiro atoms. The third-order valence-corrected chi connectivity index (χ3v) is 7.45. The van der Waals surface area contributed by atoms with Crippen molar-refractivity contribution in [1.82, 2.24) is 5.32 Å². The van der Waals surface area contributed by atoms with Crippen LogP contribution in [0.3, 0.4) is 0 Å². The maximum absolute atomic E-state index is 13.5. The van der Waals surface area contributed by atoms with Gasteiger partial charge in [-0.2, -0.15) is 0 Å². The van der Waals surface area contributed by atoms with Gasteiger partial charge in [-0.15, -0.1) is 0 Å². The van der Waals surface area contributed by atoms with E-state index in [9.17, 15) is 24.3 Å². The smallest absolute Gasteiger partial charge is 0.405 e. The Bertz CT molecular complexity index is 1180. The quantitative estimate of drug-likeness (QED) is 0.352. The number of carbonyl (C=O) groups excluding carboxylic acids is 4. The molecule has 1 aliphatic heterocycles. The fourth-order valence-corrected chi connectivity index (χ4v) is 5.01. The van der Waals surface area contributed by atoms with Crippen molar-refractivity contribution in [1.29, 1.82) is 0 Å². The zero-order valence-corrected chi connectivity index (χ0v) is 24.6. The van der Waals surface area contributed by atoms with Gasteiger partial charge in [-0.1, -0.05) is 38.2 Å². The average molecular weight is 559 g/mol. The number of ether oxygens (including phenoxy) is 3. The van der Waals surface area contributed by atoms with Crippen LogP contribution in [-0.4, -0.2) is 67.3 Å². The van der Waals surface area contributed by atoms with Gasteiger partial charge in [0, 0.05) is 42.4 Å². The molecular formula is C30H42N2O8. The zero-order valence-electron chi connectivity index (χ0n) is 24.6. The van der Waals surface area contributed by atoms with Crippen molar-refractivity contribution >= 4 is 23.6 Å². The van der Waals surface area contributed by atoms with Gasteiger partial charge in [0.05, 0.1) is 17.9 Å². The lowest BCUT2D eigenvalue weighted by molar-refractivity contribution is -0.120. The third kappa shape index (κ3) is 7.87. The summed E-state index contributed by atoms with van der Waals surface area (Å²) in [5.41, 5.74) is 7.01. The molecule has 10 heteroatoms. The van der Waals surface area contributed by atoms with Crippen molar-refractivity contribution in [3.8, 4) is 0 Å². The number of Topliss-reactive ketones (excluding diaryl/α,β-unsaturated/α-hetero) is 2. The van der Waals surface area contributed by atoms with Crippen LogP contribution in [0.25, 0.3) is 0 Å². The van der Waals surface area contributed by atoms with Gasteiger partial charge in [-0.25, -0.2) is 4.79 Å². The Kier molecular flexibility index (Phi) is 11.8. The highest BCUT2D eigenvalue weighted by molar-refractivity contribution is 6.25. The summed E-state index contributed by atoms with van der Waals surface area (Å²) in [4.78, 5) is 51.1. The second-order valence-electron chi connectivity index (χ2n) is 10.6. The van der Waals surface area contributed by atoms with E-state index < -0.39 is 48.1 Å². The Hall–Kier alpha value is -3.34. The lowest BCUT2D eigenvalue weighted by Gasteiger charge is -2.30. The minimum atomic E-state index is -0.993. The molecule has 0 unspecified atom stereocenters. The number of ketones is 2. The van der Waals surface area contributed by atoms with Crippen LogP contribution >= 0.6 is 0 Å². The van der Waals surface area contributed by atoms with Crippen molar-refractivity contribution < 1.29 is 38.5 Å². The number of hydrogen-bond acceptors (Lipinski definition) is 8. The Balaban J connectivity index is 2.62. The molecule has 10 nitrogen and oxygen atoms in total. The summed E-state index contributed by atoms with van der Waals surface area (Å²) in [5.74, 6) is -1.81. The first-order chi connectivity index (χ1) is 18.7. The summed E-state index contributed by atoms with van der Waals surface area (Å²) in [7, 11) is 2.94. The summed E-state index contributed by atoms with van der Waals surface area (Å²) in [6.45, 7) is 10.2. The molecule has 2 amide bonds. The number of aliphatic hydroxyl groups excluding tert-OH is 1. The third-order valence-electron chi connectivity index (χ3n) is 7.45. The van der Waals surface area contributed by atoms with Gasteiger partial charge >= 0.3 is 6.09 Å². The summed E-state index contributed by atoms with van der Waals surface area (Å²) in [6.07, 6.45) is 2.92. The van der Waals surface area contributed by atoms with Gasteiger partial charge in [-0.3, -0.25) is 14.4 Å². The molecule has 0 fully saturated rings. The van der Waals surface area contributed by atoms with E-state index in [1.165, 1.54) is 27.2 Å². The highest BCUT2D eigenvalue weighted by Crippen LogP contribution is 2.31. The second-order valence-corrected chi connectivity index (χ2v) is 10.6. The normalized spacial score (nSPS) is 33.1. The summed E-state index contributed by atoms with van der Waals surface area (Å²) >= 11 is 0. The Morgan fingerprint density at radius 1 is 1.02 bits per heavy atom. The molecular weight excluding hydrogens is 516 g/mol. The number of amides is 2. The number of fused-ring (bicyclic) bond motifs is 2. The molecule has 0 radical (unpaired) electrons. The zero-order chi connectivity index (χ0) is 30.3. The fourth-order valence-electron chi connectivity index (χ4n) is 5.01. The largest absolute Gasteiger partial charge is 0.439 e. The fraction of sp³-hybridized carbons (Fsp3) is 0.533. The van der Waals surface area contributed by atoms with Crippen LogP contribution in [0.15, 0.2) is 57.9 Å². The number of carbonyl (C=O) groups is 4. The van der Waals surface area contributed by atoms with E-state index >= 15 is 0 Å². The molecule has 0 aromatic heterocycles. The molecule has 220 valence electrons. The van der Waals surface area contributed by atoms with Gasteiger partial charge in [0.2, 0.25) is 5.78 Å². The molecule has 2 rings (SSSR count). The first-order valence-electron chi connectivity index (χ1n) is 13.3. The first kappa shape index (κ1) is 32.9. The van der Waals surface area contributed by atoms with Crippen molar-refractivity contribution in [2.24, 2.45) is 17.6 Å². The van der Waals surface area contributed by atoms with Crippen molar-refractivity contribution in [2.45, 2.75) is 78.8 Å². The number of nitrogens with two attached hydrogens (primary N) is 1. The van der Waals surface area contributed by atoms with Crippen molar-refractivity contribution in [2.75, 3.05) is 14.2 Å². The van der Waals surface area contributed by atoms with E-state index in [0.717, 1.165) is 0 Å². The van der Waals surface area contributed by atoms with E-state index in [1.807, 2.05) is 13.8 Å².